The molecule has 3 fully saturated rings. The second-order valence-corrected chi connectivity index (χ2v) is 6.86. The van der Waals surface area contributed by atoms with Crippen molar-refractivity contribution in [3.8, 4) is 11.5 Å². The van der Waals surface area contributed by atoms with Gasteiger partial charge in [-0.25, -0.2) is 0 Å². The molecule has 2 bridgehead atoms. The van der Waals surface area contributed by atoms with Crippen LogP contribution in [0.4, 0.5) is 0 Å². The zero-order chi connectivity index (χ0) is 16.7. The fraction of sp³-hybridized carbons (Fsp3) is 0.556. The summed E-state index contributed by atoms with van der Waals surface area (Å²) < 4.78 is 10.7. The van der Waals surface area contributed by atoms with Crippen LogP contribution in [0, 0.1) is 5.92 Å². The first kappa shape index (κ1) is 15.3. The summed E-state index contributed by atoms with van der Waals surface area (Å²) in [7, 11) is 1.86. The summed E-state index contributed by atoms with van der Waals surface area (Å²) in [5, 5.41) is 0. The minimum absolute atomic E-state index is 0.0248. The van der Waals surface area contributed by atoms with Gasteiger partial charge >= 0.3 is 0 Å². The summed E-state index contributed by atoms with van der Waals surface area (Å²) in [4.78, 5) is 28.6. The predicted octanol–water partition coefficient (Wildman–Crippen LogP) is 1.43. The van der Waals surface area contributed by atoms with Crippen molar-refractivity contribution in [1.82, 2.24) is 9.80 Å². The van der Waals surface area contributed by atoms with Gasteiger partial charge in [-0.1, -0.05) is 6.07 Å². The smallest absolute Gasteiger partial charge is 0.231 e. The van der Waals surface area contributed by atoms with Crippen LogP contribution >= 0.6 is 0 Å². The Morgan fingerprint density at radius 3 is 2.92 bits per heavy atom. The average Bonchev–Trinajstić information content (AvgIpc) is 2.89. The van der Waals surface area contributed by atoms with Crippen molar-refractivity contribution in [2.24, 2.45) is 5.92 Å². The van der Waals surface area contributed by atoms with Gasteiger partial charge < -0.3 is 19.3 Å². The molecule has 4 aliphatic rings. The number of carbonyl (C=O) groups is 2. The number of hydrogen-bond donors (Lipinski definition) is 0. The van der Waals surface area contributed by atoms with Crippen LogP contribution in [0.25, 0.3) is 0 Å². The number of amides is 2. The van der Waals surface area contributed by atoms with Crippen LogP contribution in [0.1, 0.15) is 24.8 Å². The summed E-state index contributed by atoms with van der Waals surface area (Å²) >= 11 is 0. The molecule has 4 heterocycles. The molecule has 6 nitrogen and oxygen atoms in total. The third-order valence-electron chi connectivity index (χ3n) is 5.38. The maximum absolute atomic E-state index is 12.6. The normalized spacial score (nSPS) is 25.1. The maximum atomic E-state index is 12.6. The molecule has 0 saturated carbocycles. The van der Waals surface area contributed by atoms with Crippen molar-refractivity contribution < 1.29 is 19.1 Å². The van der Waals surface area contributed by atoms with Gasteiger partial charge in [-0.3, -0.25) is 9.59 Å². The van der Waals surface area contributed by atoms with Gasteiger partial charge in [-0.15, -0.1) is 0 Å². The first-order chi connectivity index (χ1) is 11.6. The third kappa shape index (κ3) is 2.70. The topological polar surface area (TPSA) is 59.1 Å². The lowest BCUT2D eigenvalue weighted by molar-refractivity contribution is -0.138. The van der Waals surface area contributed by atoms with E-state index in [0.717, 1.165) is 29.9 Å². The van der Waals surface area contributed by atoms with E-state index in [-0.39, 0.29) is 30.6 Å². The van der Waals surface area contributed by atoms with Gasteiger partial charge in [0.25, 0.3) is 0 Å². The average molecular weight is 330 g/mol. The molecule has 3 saturated heterocycles. The van der Waals surface area contributed by atoms with E-state index in [1.165, 1.54) is 0 Å². The van der Waals surface area contributed by atoms with Gasteiger partial charge in [0.1, 0.15) is 0 Å². The van der Waals surface area contributed by atoms with Crippen LogP contribution in [0.2, 0.25) is 0 Å². The summed E-state index contributed by atoms with van der Waals surface area (Å²) in [5.41, 5.74) is 1.07. The van der Waals surface area contributed by atoms with Crippen molar-refractivity contribution in [1.29, 1.82) is 0 Å². The highest BCUT2D eigenvalue weighted by Gasteiger charge is 2.39. The van der Waals surface area contributed by atoms with Crippen molar-refractivity contribution >= 4 is 11.8 Å². The number of hydrogen-bond acceptors (Lipinski definition) is 4. The van der Waals surface area contributed by atoms with Gasteiger partial charge in [-0.05, 0) is 37.0 Å². The van der Waals surface area contributed by atoms with Crippen LogP contribution in [-0.4, -0.2) is 54.6 Å². The van der Waals surface area contributed by atoms with Crippen LogP contribution in [0.3, 0.4) is 0 Å². The zero-order valence-electron chi connectivity index (χ0n) is 13.9. The minimum atomic E-state index is -0.0248. The molecule has 1 aromatic rings. The van der Waals surface area contributed by atoms with E-state index >= 15 is 0 Å². The number of piperidine rings is 1. The number of ether oxygens (including phenoxy) is 2. The summed E-state index contributed by atoms with van der Waals surface area (Å²) in [6, 6.07) is 5.98. The van der Waals surface area contributed by atoms with Crippen molar-refractivity contribution in [3.63, 3.8) is 0 Å². The van der Waals surface area contributed by atoms with Crippen LogP contribution in [0.5, 0.6) is 11.5 Å². The third-order valence-corrected chi connectivity index (χ3v) is 5.38. The lowest BCUT2D eigenvalue weighted by Gasteiger charge is -2.32. The molecule has 2 amide bonds. The van der Waals surface area contributed by atoms with Gasteiger partial charge in [0.05, 0.1) is 5.92 Å². The largest absolute Gasteiger partial charge is 0.454 e. The SMILES string of the molecule is CN1C(=O)[C@H]2CC[C@@H]1CN(C(=O)CCc1ccc3c(c1)OCO3)C2. The number of carbonyl (C=O) groups excluding carboxylic acids is 2. The number of benzene rings is 1. The van der Waals surface area contributed by atoms with Gasteiger partial charge in [-0.2, -0.15) is 0 Å². The molecule has 4 aliphatic heterocycles. The van der Waals surface area contributed by atoms with Crippen LogP contribution in [0.15, 0.2) is 18.2 Å². The zero-order valence-corrected chi connectivity index (χ0v) is 13.9. The molecule has 1 aromatic carbocycles. The molecular weight excluding hydrogens is 308 g/mol. The molecule has 2 atom stereocenters. The Kier molecular flexibility index (Phi) is 3.82. The monoisotopic (exact) mass is 330 g/mol. The van der Waals surface area contributed by atoms with Gasteiger partial charge in [0.15, 0.2) is 11.5 Å². The predicted molar refractivity (Wildman–Crippen MR) is 86.7 cm³/mol. The Hall–Kier alpha value is -2.24. The lowest BCUT2D eigenvalue weighted by Crippen LogP contribution is -2.45. The highest BCUT2D eigenvalue weighted by atomic mass is 16.7. The fourth-order valence-electron chi connectivity index (χ4n) is 3.87. The Labute approximate surface area is 141 Å². The van der Waals surface area contributed by atoms with Crippen molar-refractivity contribution in [2.45, 2.75) is 31.7 Å². The number of fused-ring (bicyclic) bond motifs is 5. The molecule has 0 unspecified atom stereocenters. The van der Waals surface area contributed by atoms with Crippen molar-refractivity contribution in [2.75, 3.05) is 26.9 Å². The molecule has 6 heteroatoms. The number of rotatable bonds is 3. The van der Waals surface area contributed by atoms with E-state index in [0.29, 0.717) is 25.9 Å². The molecular formula is C18H22N2O4. The van der Waals surface area contributed by atoms with Gasteiger partial charge in [0, 0.05) is 32.6 Å². The Balaban J connectivity index is 1.39. The quantitative estimate of drug-likeness (QED) is 0.841. The van der Waals surface area contributed by atoms with E-state index in [1.54, 1.807) is 0 Å². The molecule has 128 valence electrons. The standard InChI is InChI=1S/C18H22N2O4/c1-19-14-5-4-13(18(19)22)9-20(10-14)17(21)7-3-12-2-6-15-16(8-12)24-11-23-15/h2,6,8,13-14H,3-5,7,9-11H2,1H3/t13-,14+/m0/s1. The van der Waals surface area contributed by atoms with Crippen LogP contribution in [-0.2, 0) is 16.0 Å². The molecule has 0 aromatic heterocycles. The molecule has 0 spiro atoms. The molecule has 0 N–H and O–H groups in total. The summed E-state index contributed by atoms with van der Waals surface area (Å²) in [5.74, 6) is 1.81. The Bertz CT molecular complexity index is 675. The van der Waals surface area contributed by atoms with Gasteiger partial charge in [0.2, 0.25) is 18.6 Å². The lowest BCUT2D eigenvalue weighted by atomic mass is 9.95. The van der Waals surface area contributed by atoms with E-state index in [4.69, 9.17) is 9.47 Å². The second-order valence-electron chi connectivity index (χ2n) is 6.86. The first-order valence-electron chi connectivity index (χ1n) is 8.55. The van der Waals surface area contributed by atoms with E-state index in [1.807, 2.05) is 35.0 Å². The van der Waals surface area contributed by atoms with Crippen molar-refractivity contribution in [3.05, 3.63) is 23.8 Å². The highest BCUT2D eigenvalue weighted by molar-refractivity contribution is 5.83. The number of likely N-dealkylation sites (N-methyl/N-ethyl adjacent to an activating group) is 1. The maximum Gasteiger partial charge on any atom is 0.231 e. The van der Waals surface area contributed by atoms with E-state index < -0.39 is 0 Å². The molecule has 5 rings (SSSR count). The Morgan fingerprint density at radius 2 is 2.04 bits per heavy atom. The Morgan fingerprint density at radius 1 is 1.21 bits per heavy atom. The molecule has 24 heavy (non-hydrogen) atoms. The number of nitrogens with zero attached hydrogens (tertiary/aromatic N) is 2. The molecule has 0 aliphatic carbocycles. The van der Waals surface area contributed by atoms with E-state index in [9.17, 15) is 9.59 Å². The second kappa shape index (κ2) is 6.00. The molecule has 0 radical (unpaired) electrons. The minimum Gasteiger partial charge on any atom is -0.454 e. The fourth-order valence-corrected chi connectivity index (χ4v) is 3.87. The first-order valence-corrected chi connectivity index (χ1v) is 8.55. The summed E-state index contributed by atoms with van der Waals surface area (Å²) in [6.45, 7) is 1.49. The van der Waals surface area contributed by atoms with Crippen LogP contribution < -0.4 is 9.47 Å². The van der Waals surface area contributed by atoms with E-state index in [2.05, 4.69) is 0 Å². The number of aryl methyl sites for hydroxylation is 1. The highest BCUT2D eigenvalue weighted by Crippen LogP contribution is 2.33. The summed E-state index contributed by atoms with van der Waals surface area (Å²) in [6.07, 6.45) is 3.03.